The number of benzene rings is 1. The van der Waals surface area contributed by atoms with Gasteiger partial charge in [-0.3, -0.25) is 4.79 Å². The van der Waals surface area contributed by atoms with Crippen LogP contribution in [0.1, 0.15) is 59.1 Å². The van der Waals surface area contributed by atoms with Crippen LogP contribution in [0.2, 0.25) is 0 Å². The van der Waals surface area contributed by atoms with Gasteiger partial charge in [0.05, 0.1) is 13.2 Å². The molecule has 0 spiro atoms. The van der Waals surface area contributed by atoms with E-state index in [0.717, 1.165) is 67.7 Å². The van der Waals surface area contributed by atoms with E-state index in [9.17, 15) is 4.79 Å². The molecule has 1 aromatic heterocycles. The molecule has 0 bridgehead atoms. The van der Waals surface area contributed by atoms with Crippen molar-refractivity contribution in [1.82, 2.24) is 10.1 Å². The summed E-state index contributed by atoms with van der Waals surface area (Å²) in [5, 5.41) is 4.11. The van der Waals surface area contributed by atoms with Crippen LogP contribution >= 0.6 is 0 Å². The van der Waals surface area contributed by atoms with Gasteiger partial charge in [-0.25, -0.2) is 0 Å². The van der Waals surface area contributed by atoms with Crippen molar-refractivity contribution in [2.45, 2.75) is 44.6 Å². The maximum Gasteiger partial charge on any atom is 0.276 e. The molecule has 24 heavy (non-hydrogen) atoms. The van der Waals surface area contributed by atoms with Crippen molar-refractivity contribution < 1.29 is 14.1 Å². The fourth-order valence-corrected chi connectivity index (χ4v) is 3.89. The average Bonchev–Trinajstić information content (AvgIpc) is 3.28. The van der Waals surface area contributed by atoms with E-state index < -0.39 is 0 Å². The summed E-state index contributed by atoms with van der Waals surface area (Å²) in [5.74, 6) is 1.74. The molecule has 0 N–H and O–H groups in total. The summed E-state index contributed by atoms with van der Waals surface area (Å²) in [5.41, 5.74) is 2.68. The number of amides is 1. The number of rotatable bonds is 3. The maximum atomic E-state index is 13.1. The Balaban J connectivity index is 1.62. The van der Waals surface area contributed by atoms with Crippen molar-refractivity contribution in [1.29, 1.82) is 0 Å². The van der Waals surface area contributed by atoms with Gasteiger partial charge < -0.3 is 14.2 Å². The van der Waals surface area contributed by atoms with Crippen molar-refractivity contribution in [3.63, 3.8) is 0 Å². The number of hydrogen-bond acceptors (Lipinski definition) is 4. The lowest BCUT2D eigenvalue weighted by Crippen LogP contribution is -2.31. The number of methoxy groups -OCH3 is 1. The molecule has 1 saturated heterocycles. The second-order valence-electron chi connectivity index (χ2n) is 6.57. The lowest BCUT2D eigenvalue weighted by atomic mass is 9.96. The van der Waals surface area contributed by atoms with E-state index in [1.165, 1.54) is 0 Å². The summed E-state index contributed by atoms with van der Waals surface area (Å²) < 4.78 is 10.8. The van der Waals surface area contributed by atoms with Crippen LogP contribution in [-0.2, 0) is 12.8 Å². The zero-order valence-corrected chi connectivity index (χ0v) is 14.0. The highest BCUT2D eigenvalue weighted by molar-refractivity contribution is 5.94. The summed E-state index contributed by atoms with van der Waals surface area (Å²) >= 11 is 0. The average molecular weight is 326 g/mol. The predicted molar refractivity (Wildman–Crippen MR) is 89.2 cm³/mol. The molecule has 126 valence electrons. The number of fused-ring (bicyclic) bond motifs is 1. The van der Waals surface area contributed by atoms with Gasteiger partial charge in [0.1, 0.15) is 11.5 Å². The van der Waals surface area contributed by atoms with Crippen molar-refractivity contribution in [3.8, 4) is 5.75 Å². The van der Waals surface area contributed by atoms with Gasteiger partial charge in [-0.05, 0) is 49.8 Å². The molecule has 1 fully saturated rings. The van der Waals surface area contributed by atoms with Crippen LogP contribution < -0.4 is 4.74 Å². The molecule has 2 aromatic rings. The third kappa shape index (κ3) is 2.58. The normalized spacial score (nSPS) is 20.0. The van der Waals surface area contributed by atoms with E-state index >= 15 is 0 Å². The van der Waals surface area contributed by atoms with Crippen molar-refractivity contribution in [3.05, 3.63) is 46.8 Å². The Morgan fingerprint density at radius 2 is 2.17 bits per heavy atom. The predicted octanol–water partition coefficient (Wildman–Crippen LogP) is 3.54. The molecule has 2 aliphatic rings. The molecule has 1 aliphatic heterocycles. The standard InChI is InChI=1S/C19H22N2O3/c1-23-14-7-4-6-13(12-14)16-9-5-11-21(16)19(22)18-15-8-2-3-10-17(15)24-20-18/h4,6-7,12,16H,2-3,5,8-11H2,1H3. The van der Waals surface area contributed by atoms with Gasteiger partial charge in [-0.1, -0.05) is 17.3 Å². The van der Waals surface area contributed by atoms with Crippen LogP contribution in [0.15, 0.2) is 28.8 Å². The van der Waals surface area contributed by atoms with Crippen LogP contribution in [0.5, 0.6) is 5.75 Å². The first kappa shape index (κ1) is 15.2. The summed E-state index contributed by atoms with van der Waals surface area (Å²) in [6.45, 7) is 0.766. The van der Waals surface area contributed by atoms with E-state index in [0.29, 0.717) is 5.69 Å². The molecule has 1 aliphatic carbocycles. The fraction of sp³-hybridized carbons (Fsp3) is 0.474. The van der Waals surface area contributed by atoms with E-state index in [1.807, 2.05) is 23.1 Å². The lowest BCUT2D eigenvalue weighted by Gasteiger charge is -2.25. The minimum atomic E-state index is 0.00669. The molecule has 0 radical (unpaired) electrons. The van der Waals surface area contributed by atoms with E-state index in [1.54, 1.807) is 7.11 Å². The van der Waals surface area contributed by atoms with Crippen molar-refractivity contribution in [2.75, 3.05) is 13.7 Å². The largest absolute Gasteiger partial charge is 0.497 e. The highest BCUT2D eigenvalue weighted by atomic mass is 16.5. The van der Waals surface area contributed by atoms with Gasteiger partial charge in [0, 0.05) is 18.5 Å². The first-order valence-corrected chi connectivity index (χ1v) is 8.70. The Kier molecular flexibility index (Phi) is 4.00. The van der Waals surface area contributed by atoms with Crippen molar-refractivity contribution >= 4 is 5.91 Å². The minimum absolute atomic E-state index is 0.00669. The summed E-state index contributed by atoms with van der Waals surface area (Å²) in [6.07, 6.45) is 6.00. The molecule has 2 heterocycles. The zero-order valence-electron chi connectivity index (χ0n) is 14.0. The van der Waals surface area contributed by atoms with Gasteiger partial charge in [-0.15, -0.1) is 0 Å². The number of likely N-dealkylation sites (tertiary alicyclic amines) is 1. The first-order valence-electron chi connectivity index (χ1n) is 8.70. The van der Waals surface area contributed by atoms with Crippen molar-refractivity contribution in [2.24, 2.45) is 0 Å². The molecule has 1 atom stereocenters. The Labute approximate surface area is 141 Å². The van der Waals surface area contributed by atoms with Gasteiger partial charge in [0.2, 0.25) is 0 Å². The smallest absolute Gasteiger partial charge is 0.276 e. The summed E-state index contributed by atoms with van der Waals surface area (Å²) in [4.78, 5) is 15.0. The maximum absolute atomic E-state index is 13.1. The lowest BCUT2D eigenvalue weighted by molar-refractivity contribution is 0.0724. The zero-order chi connectivity index (χ0) is 16.5. The second kappa shape index (κ2) is 6.30. The molecular weight excluding hydrogens is 304 g/mol. The number of carbonyl (C=O) groups is 1. The van der Waals surface area contributed by atoms with E-state index in [-0.39, 0.29) is 11.9 Å². The molecule has 1 unspecified atom stereocenters. The minimum Gasteiger partial charge on any atom is -0.497 e. The Morgan fingerprint density at radius 1 is 1.29 bits per heavy atom. The Morgan fingerprint density at radius 3 is 3.04 bits per heavy atom. The third-order valence-electron chi connectivity index (χ3n) is 5.14. The molecule has 5 heteroatoms. The molecular formula is C19H22N2O3. The van der Waals surface area contributed by atoms with Crippen LogP contribution in [0, 0.1) is 0 Å². The van der Waals surface area contributed by atoms with Gasteiger partial charge in [0.15, 0.2) is 5.69 Å². The third-order valence-corrected chi connectivity index (χ3v) is 5.14. The van der Waals surface area contributed by atoms with E-state index in [2.05, 4.69) is 11.2 Å². The molecule has 1 aromatic carbocycles. The summed E-state index contributed by atoms with van der Waals surface area (Å²) in [6, 6.07) is 8.08. The summed E-state index contributed by atoms with van der Waals surface area (Å²) in [7, 11) is 1.67. The van der Waals surface area contributed by atoms with Gasteiger partial charge >= 0.3 is 0 Å². The first-order chi connectivity index (χ1) is 11.8. The fourth-order valence-electron chi connectivity index (χ4n) is 3.89. The highest BCUT2D eigenvalue weighted by Crippen LogP contribution is 2.35. The quantitative estimate of drug-likeness (QED) is 0.866. The number of aryl methyl sites for hydroxylation is 1. The molecule has 0 saturated carbocycles. The topological polar surface area (TPSA) is 55.6 Å². The number of aromatic nitrogens is 1. The second-order valence-corrected chi connectivity index (χ2v) is 6.57. The SMILES string of the molecule is COc1cccc(C2CCCN2C(=O)c2noc3c2CCCC3)c1. The highest BCUT2D eigenvalue weighted by Gasteiger charge is 2.34. The number of carbonyl (C=O) groups excluding carboxylic acids is 1. The molecule has 5 nitrogen and oxygen atoms in total. The number of ether oxygens (including phenoxy) is 1. The van der Waals surface area contributed by atoms with Gasteiger partial charge in [0.25, 0.3) is 5.91 Å². The number of hydrogen-bond donors (Lipinski definition) is 0. The van der Waals surface area contributed by atoms with Crippen LogP contribution in [0.4, 0.5) is 0 Å². The monoisotopic (exact) mass is 326 g/mol. The van der Waals surface area contributed by atoms with E-state index in [4.69, 9.17) is 9.26 Å². The molecule has 4 rings (SSSR count). The molecule has 1 amide bonds. The van der Waals surface area contributed by atoms with Crippen LogP contribution in [0.25, 0.3) is 0 Å². The van der Waals surface area contributed by atoms with Gasteiger partial charge in [-0.2, -0.15) is 0 Å². The Hall–Kier alpha value is -2.30. The van der Waals surface area contributed by atoms with Crippen LogP contribution in [-0.4, -0.2) is 29.6 Å². The number of nitrogens with zero attached hydrogens (tertiary/aromatic N) is 2. The Bertz CT molecular complexity index is 753. The van der Waals surface area contributed by atoms with Crippen LogP contribution in [0.3, 0.4) is 0 Å².